The van der Waals surface area contributed by atoms with Crippen LogP contribution in [0.3, 0.4) is 0 Å². The van der Waals surface area contributed by atoms with Gasteiger partial charge in [-0.1, -0.05) is 182 Å². The monoisotopic (exact) mass is 875 g/mol. The van der Waals surface area contributed by atoms with E-state index in [9.17, 15) is 14.4 Å². The van der Waals surface area contributed by atoms with Crippen molar-refractivity contribution in [2.45, 2.75) is 232 Å². The molecule has 6 nitrogen and oxygen atoms in total. The third kappa shape index (κ3) is 49.2. The normalized spacial score (nSPS) is 12.9. The molecule has 0 rings (SSSR count). The topological polar surface area (TPSA) is 78.9 Å². The molecule has 0 aliphatic carbocycles. The highest BCUT2D eigenvalue weighted by atomic mass is 16.6. The van der Waals surface area contributed by atoms with Crippen molar-refractivity contribution in [2.24, 2.45) is 0 Å². The van der Waals surface area contributed by atoms with E-state index in [-0.39, 0.29) is 37.5 Å². The Morgan fingerprint density at radius 2 is 0.619 bits per heavy atom. The first-order chi connectivity index (χ1) is 31.0. The summed E-state index contributed by atoms with van der Waals surface area (Å²) in [5.74, 6) is -0.979. The Morgan fingerprint density at radius 3 is 1.00 bits per heavy atom. The Balaban J connectivity index is 4.52. The lowest BCUT2D eigenvalue weighted by Crippen LogP contribution is -2.30. The van der Waals surface area contributed by atoms with Crippen molar-refractivity contribution in [1.29, 1.82) is 0 Å². The number of hydrogen-bond acceptors (Lipinski definition) is 6. The number of unbranched alkanes of at least 4 members (excludes halogenated alkanes) is 18. The zero-order chi connectivity index (χ0) is 45.8. The van der Waals surface area contributed by atoms with Gasteiger partial charge in [0, 0.05) is 19.3 Å². The molecule has 0 aromatic carbocycles. The fourth-order valence-corrected chi connectivity index (χ4v) is 6.67. The van der Waals surface area contributed by atoms with Gasteiger partial charge >= 0.3 is 17.9 Å². The molecule has 0 heterocycles. The summed E-state index contributed by atoms with van der Waals surface area (Å²) in [7, 11) is 0. The largest absolute Gasteiger partial charge is 0.462 e. The van der Waals surface area contributed by atoms with Gasteiger partial charge in [-0.05, 0) is 122 Å². The van der Waals surface area contributed by atoms with Gasteiger partial charge in [0.25, 0.3) is 0 Å². The molecular weight excluding hydrogens is 781 g/mol. The second-order valence-electron chi connectivity index (χ2n) is 16.7. The van der Waals surface area contributed by atoms with Gasteiger partial charge in [0.15, 0.2) is 6.10 Å². The van der Waals surface area contributed by atoms with E-state index in [0.29, 0.717) is 19.3 Å². The third-order valence-electron chi connectivity index (χ3n) is 10.5. The van der Waals surface area contributed by atoms with Gasteiger partial charge in [-0.2, -0.15) is 0 Å². The summed E-state index contributed by atoms with van der Waals surface area (Å²) in [4.78, 5) is 38.0. The first-order valence-electron chi connectivity index (χ1n) is 25.7. The molecule has 0 fully saturated rings. The van der Waals surface area contributed by atoms with Crippen LogP contribution in [-0.4, -0.2) is 37.2 Å². The van der Waals surface area contributed by atoms with Crippen LogP contribution in [0.15, 0.2) is 97.2 Å². The maximum absolute atomic E-state index is 12.8. The van der Waals surface area contributed by atoms with Crippen LogP contribution in [0.25, 0.3) is 0 Å². The van der Waals surface area contributed by atoms with Gasteiger partial charge in [-0.15, -0.1) is 0 Å². The molecule has 0 aliphatic heterocycles. The molecule has 0 aromatic heterocycles. The first kappa shape index (κ1) is 59.3. The minimum absolute atomic E-state index is 0.107. The number of allylic oxidation sites excluding steroid dienone is 16. The summed E-state index contributed by atoms with van der Waals surface area (Å²) in [6.07, 6.45) is 66.7. The number of hydrogen-bond donors (Lipinski definition) is 0. The second-order valence-corrected chi connectivity index (χ2v) is 16.7. The number of rotatable bonds is 45. The fourth-order valence-electron chi connectivity index (χ4n) is 6.67. The van der Waals surface area contributed by atoms with E-state index >= 15 is 0 Å². The van der Waals surface area contributed by atoms with Crippen molar-refractivity contribution in [2.75, 3.05) is 13.2 Å². The third-order valence-corrected chi connectivity index (χ3v) is 10.5. The Bertz CT molecular complexity index is 1280. The number of ether oxygens (including phenoxy) is 3. The number of carbonyl (C=O) groups is 3. The molecule has 0 spiro atoms. The molecule has 0 radical (unpaired) electrons. The molecule has 0 saturated heterocycles. The molecule has 358 valence electrons. The van der Waals surface area contributed by atoms with E-state index < -0.39 is 6.10 Å². The standard InChI is InChI=1S/C57H94O6/c1-4-7-10-13-16-19-22-25-28-31-34-37-40-43-46-49-55(58)61-52-54(63-57(60)51-48-45-42-39-36-33-30-27-24-21-18-15-12-9-6-3)53-62-56(59)50-47-44-41-38-35-32-29-26-23-20-17-14-11-8-5-2/h7,10,16-21,25-30,36,39,54H,4-6,8-9,11-15,22-24,31-35,37-38,40-53H2,1-3H3/b10-7-,19-16-,20-17-,21-18-,28-25-,29-26-,30-27-,39-36-/t54-/m0/s1. The van der Waals surface area contributed by atoms with Crippen molar-refractivity contribution in [3.05, 3.63) is 97.2 Å². The van der Waals surface area contributed by atoms with Gasteiger partial charge < -0.3 is 14.2 Å². The van der Waals surface area contributed by atoms with Crippen LogP contribution in [0.5, 0.6) is 0 Å². The van der Waals surface area contributed by atoms with Gasteiger partial charge in [0.1, 0.15) is 13.2 Å². The maximum Gasteiger partial charge on any atom is 0.306 e. The van der Waals surface area contributed by atoms with Crippen molar-refractivity contribution in [3.63, 3.8) is 0 Å². The zero-order valence-electron chi connectivity index (χ0n) is 40.8. The average molecular weight is 875 g/mol. The Hall–Kier alpha value is -3.67. The van der Waals surface area contributed by atoms with E-state index in [1.165, 1.54) is 51.4 Å². The first-order valence-corrected chi connectivity index (χ1v) is 25.7. The molecule has 0 aliphatic rings. The lowest BCUT2D eigenvalue weighted by molar-refractivity contribution is -0.167. The van der Waals surface area contributed by atoms with Crippen LogP contribution in [0.2, 0.25) is 0 Å². The van der Waals surface area contributed by atoms with Gasteiger partial charge in [-0.25, -0.2) is 0 Å². The van der Waals surface area contributed by atoms with Crippen LogP contribution < -0.4 is 0 Å². The van der Waals surface area contributed by atoms with E-state index in [1.807, 2.05) is 0 Å². The minimum Gasteiger partial charge on any atom is -0.462 e. The average Bonchev–Trinajstić information content (AvgIpc) is 3.28. The summed E-state index contributed by atoms with van der Waals surface area (Å²) in [5, 5.41) is 0. The van der Waals surface area contributed by atoms with Crippen molar-refractivity contribution >= 4 is 17.9 Å². The Kier molecular flexibility index (Phi) is 48.0. The van der Waals surface area contributed by atoms with E-state index in [2.05, 4.69) is 118 Å². The van der Waals surface area contributed by atoms with E-state index in [0.717, 1.165) is 128 Å². The highest BCUT2D eigenvalue weighted by Crippen LogP contribution is 2.12. The quantitative estimate of drug-likeness (QED) is 0.0262. The molecule has 0 amide bonds. The highest BCUT2D eigenvalue weighted by Gasteiger charge is 2.19. The van der Waals surface area contributed by atoms with Crippen LogP contribution in [0, 0.1) is 0 Å². The van der Waals surface area contributed by atoms with Crippen LogP contribution in [0.1, 0.15) is 226 Å². The van der Waals surface area contributed by atoms with Crippen molar-refractivity contribution in [1.82, 2.24) is 0 Å². The molecule has 0 unspecified atom stereocenters. The molecule has 0 N–H and O–H groups in total. The second kappa shape index (κ2) is 51.0. The maximum atomic E-state index is 12.8. The van der Waals surface area contributed by atoms with Gasteiger partial charge in [0.2, 0.25) is 0 Å². The summed E-state index contributed by atoms with van der Waals surface area (Å²) >= 11 is 0. The molecule has 0 aromatic rings. The summed E-state index contributed by atoms with van der Waals surface area (Å²) in [6, 6.07) is 0. The molecular formula is C57H94O6. The van der Waals surface area contributed by atoms with E-state index in [1.54, 1.807) is 0 Å². The minimum atomic E-state index is -0.811. The van der Waals surface area contributed by atoms with Crippen LogP contribution in [-0.2, 0) is 28.6 Å². The van der Waals surface area contributed by atoms with Crippen molar-refractivity contribution < 1.29 is 28.6 Å². The summed E-state index contributed by atoms with van der Waals surface area (Å²) in [5.41, 5.74) is 0. The molecule has 0 saturated carbocycles. The fraction of sp³-hybridized carbons (Fsp3) is 0.667. The van der Waals surface area contributed by atoms with Crippen LogP contribution >= 0.6 is 0 Å². The zero-order valence-corrected chi connectivity index (χ0v) is 40.8. The predicted octanol–water partition coefficient (Wildman–Crippen LogP) is 17.0. The van der Waals surface area contributed by atoms with E-state index in [4.69, 9.17) is 14.2 Å². The smallest absolute Gasteiger partial charge is 0.306 e. The molecule has 0 bridgehead atoms. The summed E-state index contributed by atoms with van der Waals surface area (Å²) < 4.78 is 16.7. The molecule has 1 atom stereocenters. The Morgan fingerprint density at radius 1 is 0.333 bits per heavy atom. The lowest BCUT2D eigenvalue weighted by atomic mass is 10.1. The molecule has 63 heavy (non-hydrogen) atoms. The number of esters is 3. The predicted molar refractivity (Wildman–Crippen MR) is 270 cm³/mol. The lowest BCUT2D eigenvalue weighted by Gasteiger charge is -2.18. The Labute approximate surface area is 387 Å². The number of carbonyl (C=O) groups excluding carboxylic acids is 3. The summed E-state index contributed by atoms with van der Waals surface area (Å²) in [6.45, 7) is 6.40. The van der Waals surface area contributed by atoms with Crippen LogP contribution in [0.4, 0.5) is 0 Å². The van der Waals surface area contributed by atoms with Gasteiger partial charge in [0.05, 0.1) is 0 Å². The van der Waals surface area contributed by atoms with Crippen molar-refractivity contribution in [3.8, 4) is 0 Å². The van der Waals surface area contributed by atoms with Gasteiger partial charge in [-0.3, -0.25) is 14.4 Å². The highest BCUT2D eigenvalue weighted by molar-refractivity contribution is 5.71. The molecule has 6 heteroatoms. The SMILES string of the molecule is CC/C=C\C/C=C\C/C=C\CCCCCCCC(=O)OC[C@@H](COC(=O)CCCCCCC/C=C\C/C=C\CCCCC)OC(=O)CCCC/C=C\C/C=C\C/C=C\CCCCC.